The first kappa shape index (κ1) is 50.3. The fraction of sp³-hybridized carbons (Fsp3) is 0.545. The van der Waals surface area contributed by atoms with Crippen LogP contribution in [0.4, 0.5) is 5.69 Å². The van der Waals surface area contributed by atoms with Crippen LogP contribution >= 0.6 is 34.8 Å². The molecule has 3 aromatic carbocycles. The predicted octanol–water partition coefficient (Wildman–Crippen LogP) is 9.52. The molecule has 0 radical (unpaired) electrons. The molecule has 2 heterocycles. The van der Waals surface area contributed by atoms with E-state index in [1.165, 1.54) is 25.1 Å². The van der Waals surface area contributed by atoms with Gasteiger partial charge < -0.3 is 29.9 Å². The van der Waals surface area contributed by atoms with E-state index in [1.54, 1.807) is 32.0 Å². The molecule has 5 aromatic rings. The van der Waals surface area contributed by atoms with Crippen molar-refractivity contribution in [3.63, 3.8) is 0 Å². The molecule has 2 aromatic heterocycles. The highest BCUT2D eigenvalue weighted by molar-refractivity contribution is 7.93. The largest absolute Gasteiger partial charge is 0.504 e. The fourth-order valence-electron chi connectivity index (χ4n) is 8.53. The number of halogens is 3. The van der Waals surface area contributed by atoms with Crippen molar-refractivity contribution < 1.29 is 49.4 Å². The number of hydrogen-bond acceptors (Lipinski definition) is 14. The number of benzene rings is 3. The first-order valence-electron chi connectivity index (χ1n) is 20.7. The Kier molecular flexibility index (Phi) is 13.0. The number of anilines is 1. The number of aromatic hydroxyl groups is 1. The number of fused-ring (bicyclic) bond motifs is 2. The molecule has 352 valence electrons. The number of nitrogens with zero attached hydrogens (tertiary/aromatic N) is 2. The third kappa shape index (κ3) is 8.65. The summed E-state index contributed by atoms with van der Waals surface area (Å²) in [5, 5.41) is 28.9. The minimum atomic E-state index is -3.84. The van der Waals surface area contributed by atoms with E-state index < -0.39 is 61.7 Å². The third-order valence-corrected chi connectivity index (χ3v) is 21.3. The van der Waals surface area contributed by atoms with Gasteiger partial charge in [-0.2, -0.15) is 0 Å². The zero-order chi connectivity index (χ0) is 48.1. The Bertz CT molecular complexity index is 2820. The molecule has 64 heavy (non-hydrogen) atoms. The molecular weight excluding hydrogens is 949 g/mol. The Morgan fingerprint density at radius 3 is 1.23 bits per heavy atom. The van der Waals surface area contributed by atoms with Crippen molar-refractivity contribution in [2.75, 3.05) is 5.73 Å². The van der Waals surface area contributed by atoms with Crippen LogP contribution in [0.3, 0.4) is 0 Å². The van der Waals surface area contributed by atoms with Gasteiger partial charge in [-0.1, -0.05) is 83.3 Å². The molecule has 0 unspecified atom stereocenters. The van der Waals surface area contributed by atoms with Crippen LogP contribution in [-0.4, -0.2) is 77.0 Å². The molecule has 3 fully saturated rings. The number of aliphatic hydroxyl groups is 2. The Morgan fingerprint density at radius 1 is 0.594 bits per heavy atom. The maximum absolute atomic E-state index is 13.2. The van der Waals surface area contributed by atoms with Gasteiger partial charge in [0.15, 0.2) is 46.4 Å². The number of oxazole rings is 2. The number of aromatic nitrogens is 2. The molecule has 0 saturated heterocycles. The first-order valence-corrected chi connectivity index (χ1v) is 26.2. The third-order valence-electron chi connectivity index (χ3n) is 12.3. The van der Waals surface area contributed by atoms with Gasteiger partial charge in [0.25, 0.3) is 0 Å². The van der Waals surface area contributed by atoms with E-state index in [4.69, 9.17) is 49.4 Å². The zero-order valence-electron chi connectivity index (χ0n) is 37.4. The molecule has 3 aliphatic rings. The van der Waals surface area contributed by atoms with E-state index in [-0.39, 0.29) is 83.1 Å². The minimum Gasteiger partial charge on any atom is -0.504 e. The van der Waals surface area contributed by atoms with E-state index in [0.29, 0.717) is 41.6 Å². The fourth-order valence-corrected chi connectivity index (χ4v) is 16.2. The molecule has 3 aliphatic carbocycles. The SMILES string of the molecule is CC(C)(C)c1nc2ccc(Cl)c(S(=O)(=O)C3(C)CC(O)C3)c2o1.CC1(S(=O)(=O)c2c(Cl)ccc(N)c2O)CC(O)C1.CC1CC(C)(S(=O)(=O)c2c(Cl)ccc3nc(C(C)(C)C)oc23)C1. The van der Waals surface area contributed by atoms with Crippen molar-refractivity contribution in [1.29, 1.82) is 0 Å². The minimum absolute atomic E-state index is 0.0194. The second-order valence-corrected chi connectivity index (χ2v) is 28.7. The van der Waals surface area contributed by atoms with E-state index in [1.807, 2.05) is 41.5 Å². The maximum Gasteiger partial charge on any atom is 0.200 e. The summed E-state index contributed by atoms with van der Waals surface area (Å²) in [4.78, 5) is 8.58. The van der Waals surface area contributed by atoms with Crippen molar-refractivity contribution in [2.45, 2.75) is 160 Å². The van der Waals surface area contributed by atoms with Crippen LogP contribution in [0, 0.1) is 5.92 Å². The summed E-state index contributed by atoms with van der Waals surface area (Å²) in [6.45, 7) is 18.8. The number of nitrogens with two attached hydrogens (primary N) is 1. The summed E-state index contributed by atoms with van der Waals surface area (Å²) in [6.07, 6.45) is 0.703. The Morgan fingerprint density at radius 2 is 0.906 bits per heavy atom. The zero-order valence-corrected chi connectivity index (χ0v) is 42.1. The quantitative estimate of drug-likeness (QED) is 0.0915. The normalized spacial score (nSPS) is 26.2. The van der Waals surface area contributed by atoms with Gasteiger partial charge in [0.1, 0.15) is 25.7 Å². The Hall–Kier alpha value is -3.16. The molecule has 20 heteroatoms. The van der Waals surface area contributed by atoms with Gasteiger partial charge in [-0.15, -0.1) is 0 Å². The summed E-state index contributed by atoms with van der Waals surface area (Å²) in [7, 11) is -11.2. The monoisotopic (exact) mass is 1000 g/mol. The molecule has 0 atom stereocenters. The highest BCUT2D eigenvalue weighted by Crippen LogP contribution is 2.51. The lowest BCUT2D eigenvalue weighted by Crippen LogP contribution is -2.50. The van der Waals surface area contributed by atoms with Crippen molar-refractivity contribution in [3.05, 3.63) is 63.2 Å². The van der Waals surface area contributed by atoms with Crippen molar-refractivity contribution in [2.24, 2.45) is 5.92 Å². The van der Waals surface area contributed by atoms with Gasteiger partial charge in [-0.05, 0) is 102 Å². The van der Waals surface area contributed by atoms with Crippen LogP contribution in [0.1, 0.15) is 120 Å². The van der Waals surface area contributed by atoms with Gasteiger partial charge in [0.05, 0.1) is 47.2 Å². The topological polar surface area (TPSA) is 241 Å². The van der Waals surface area contributed by atoms with Gasteiger partial charge in [0, 0.05) is 10.8 Å². The summed E-state index contributed by atoms with van der Waals surface area (Å²) in [5.74, 6) is 0.862. The smallest absolute Gasteiger partial charge is 0.200 e. The van der Waals surface area contributed by atoms with Gasteiger partial charge in [0.2, 0.25) is 11.8 Å². The molecule has 5 N–H and O–H groups in total. The number of phenolic OH excluding ortho intramolecular Hbond substituents is 1. The molecule has 3 saturated carbocycles. The highest BCUT2D eigenvalue weighted by atomic mass is 35.5. The number of hydrogen-bond donors (Lipinski definition) is 4. The van der Waals surface area contributed by atoms with Crippen molar-refractivity contribution in [1.82, 2.24) is 9.97 Å². The van der Waals surface area contributed by atoms with Gasteiger partial charge in [-0.3, -0.25) is 0 Å². The average Bonchev–Trinajstić information content (AvgIpc) is 3.77. The number of sulfone groups is 3. The van der Waals surface area contributed by atoms with Crippen molar-refractivity contribution in [3.8, 4) is 5.75 Å². The van der Waals surface area contributed by atoms with Crippen LogP contribution < -0.4 is 5.73 Å². The molecular formula is C44H56Cl3N3O11S3. The summed E-state index contributed by atoms with van der Waals surface area (Å²) in [6, 6.07) is 9.17. The number of nitrogen functional groups attached to an aromatic ring is 1. The molecule has 8 rings (SSSR count). The van der Waals surface area contributed by atoms with E-state index in [9.17, 15) is 40.6 Å². The molecule has 0 amide bonds. The van der Waals surface area contributed by atoms with Gasteiger partial charge in [-0.25, -0.2) is 35.2 Å². The van der Waals surface area contributed by atoms with Crippen LogP contribution in [0.25, 0.3) is 22.2 Å². The van der Waals surface area contributed by atoms with Crippen LogP contribution in [0.2, 0.25) is 15.1 Å². The summed E-state index contributed by atoms with van der Waals surface area (Å²) < 4.78 is 86.2. The predicted molar refractivity (Wildman–Crippen MR) is 249 cm³/mol. The van der Waals surface area contributed by atoms with Gasteiger partial charge >= 0.3 is 0 Å². The lowest BCUT2D eigenvalue weighted by molar-refractivity contribution is 0.0634. The van der Waals surface area contributed by atoms with Crippen molar-refractivity contribution >= 4 is 92.2 Å². The second kappa shape index (κ2) is 16.6. The first-order chi connectivity index (χ1) is 29.1. The Balaban J connectivity index is 0.000000161. The number of aliphatic hydroxyl groups excluding tert-OH is 2. The summed E-state index contributed by atoms with van der Waals surface area (Å²) >= 11 is 18.3. The molecule has 14 nitrogen and oxygen atoms in total. The van der Waals surface area contributed by atoms with Crippen LogP contribution in [-0.2, 0) is 40.3 Å². The van der Waals surface area contributed by atoms with E-state index in [2.05, 4.69) is 16.9 Å². The Labute approximate surface area is 389 Å². The van der Waals surface area contributed by atoms with Crippen LogP contribution in [0.15, 0.2) is 59.9 Å². The number of rotatable bonds is 6. The highest BCUT2D eigenvalue weighted by Gasteiger charge is 2.54. The lowest BCUT2D eigenvalue weighted by Gasteiger charge is -2.42. The lowest BCUT2D eigenvalue weighted by atomic mass is 9.76. The van der Waals surface area contributed by atoms with Crippen LogP contribution in [0.5, 0.6) is 5.75 Å². The average molecular weight is 1010 g/mol. The standard InChI is InChI=1S/C17H22ClNO3S.C16H20ClNO4S.C11H14ClNO4S/c1-10-8-17(5,9-10)23(20,21)14-11(18)6-7-12-13(14)22-15(19-12)16(2,3)4;1-15(2,3)14-18-11-6-5-10(17)13(12(11)22-14)23(20,21)16(4)7-9(19)8-16;1-11(4-6(14)5-11)18(16,17)10-7(12)2-3-8(13)9(10)15/h6-7,10H,8-9H2,1-5H3;5-6,9,19H,7-8H2,1-4H3;2-3,6,14-15H,4-5,13H2,1H3. The molecule has 0 bridgehead atoms. The molecule has 0 aliphatic heterocycles. The number of phenols is 1. The van der Waals surface area contributed by atoms with E-state index >= 15 is 0 Å². The second-order valence-electron chi connectivity index (χ2n) is 20.3. The maximum atomic E-state index is 13.2. The van der Waals surface area contributed by atoms with E-state index in [0.717, 1.165) is 0 Å². The molecule has 0 spiro atoms. The summed E-state index contributed by atoms with van der Waals surface area (Å²) in [5.41, 5.74) is 6.29.